The van der Waals surface area contributed by atoms with E-state index >= 15 is 0 Å². The Morgan fingerprint density at radius 3 is 2.76 bits per heavy atom. The zero-order valence-electron chi connectivity index (χ0n) is 12.0. The smallest absolute Gasteiger partial charge is 0.335 e. The molecule has 21 heavy (non-hydrogen) atoms. The Bertz CT molecular complexity index is 508. The topological polar surface area (TPSA) is 87.7 Å². The maximum absolute atomic E-state index is 11.8. The van der Waals surface area contributed by atoms with Gasteiger partial charge in [0.05, 0.1) is 22.8 Å². The van der Waals surface area contributed by atoms with E-state index in [0.717, 1.165) is 0 Å². The van der Waals surface area contributed by atoms with Gasteiger partial charge in [-0.2, -0.15) is 0 Å². The van der Waals surface area contributed by atoms with E-state index in [1.54, 1.807) is 7.11 Å². The molecule has 0 aliphatic carbocycles. The highest BCUT2D eigenvalue weighted by molar-refractivity contribution is 6.33. The van der Waals surface area contributed by atoms with E-state index in [2.05, 4.69) is 10.6 Å². The van der Waals surface area contributed by atoms with Crippen LogP contribution in [0.15, 0.2) is 18.2 Å². The molecule has 1 rings (SSSR count). The zero-order chi connectivity index (χ0) is 15.8. The number of nitrogens with one attached hydrogen (secondary N) is 2. The Morgan fingerprint density at radius 2 is 2.14 bits per heavy atom. The van der Waals surface area contributed by atoms with Gasteiger partial charge >= 0.3 is 5.97 Å². The van der Waals surface area contributed by atoms with Crippen LogP contribution in [-0.4, -0.2) is 43.8 Å². The third kappa shape index (κ3) is 6.12. The number of rotatable bonds is 8. The summed E-state index contributed by atoms with van der Waals surface area (Å²) in [5, 5.41) is 14.8. The predicted molar refractivity (Wildman–Crippen MR) is 81.0 cm³/mol. The maximum atomic E-state index is 11.8. The molecule has 1 amide bonds. The van der Waals surface area contributed by atoms with E-state index < -0.39 is 5.97 Å². The lowest BCUT2D eigenvalue weighted by Gasteiger charge is -2.12. The van der Waals surface area contributed by atoms with Crippen molar-refractivity contribution in [3.63, 3.8) is 0 Å². The van der Waals surface area contributed by atoms with Crippen molar-refractivity contribution in [2.45, 2.75) is 6.92 Å². The number of hydrogen-bond donors (Lipinski definition) is 3. The van der Waals surface area contributed by atoms with Gasteiger partial charge in [0.25, 0.3) is 0 Å². The number of carboxylic acid groups (broad SMARTS) is 1. The molecule has 6 nitrogen and oxygen atoms in total. The first-order chi connectivity index (χ1) is 9.93. The number of aromatic carboxylic acids is 1. The summed E-state index contributed by atoms with van der Waals surface area (Å²) in [4.78, 5) is 22.7. The molecule has 3 N–H and O–H groups in total. The number of carbonyl (C=O) groups is 2. The van der Waals surface area contributed by atoms with Gasteiger partial charge in [0.15, 0.2) is 0 Å². The average Bonchev–Trinajstić information content (AvgIpc) is 2.41. The second-order valence-corrected chi connectivity index (χ2v) is 5.15. The molecular weight excluding hydrogens is 296 g/mol. The first-order valence-corrected chi connectivity index (χ1v) is 6.84. The highest BCUT2D eigenvalue weighted by Crippen LogP contribution is 2.22. The van der Waals surface area contributed by atoms with Gasteiger partial charge in [-0.3, -0.25) is 4.79 Å². The molecule has 0 spiro atoms. The number of amides is 1. The Morgan fingerprint density at radius 1 is 1.43 bits per heavy atom. The minimum atomic E-state index is -1.08. The van der Waals surface area contributed by atoms with Crippen LogP contribution in [0.5, 0.6) is 0 Å². The SMILES string of the molecule is COCC(C)CNCC(=O)Nc1cc(C(=O)O)ccc1Cl. The number of carbonyl (C=O) groups excluding carboxylic acids is 1. The Labute approximate surface area is 128 Å². The first kappa shape index (κ1) is 17.4. The third-order valence-corrected chi connectivity index (χ3v) is 3.05. The predicted octanol–water partition coefficient (Wildman–Crippen LogP) is 1.85. The van der Waals surface area contributed by atoms with E-state index in [0.29, 0.717) is 24.1 Å². The van der Waals surface area contributed by atoms with Gasteiger partial charge in [0.2, 0.25) is 5.91 Å². The molecule has 0 saturated carbocycles. The van der Waals surface area contributed by atoms with Crippen molar-refractivity contribution < 1.29 is 19.4 Å². The highest BCUT2D eigenvalue weighted by Gasteiger charge is 2.10. The molecule has 0 heterocycles. The van der Waals surface area contributed by atoms with Crippen LogP contribution < -0.4 is 10.6 Å². The number of ether oxygens (including phenoxy) is 1. The van der Waals surface area contributed by atoms with Crippen molar-refractivity contribution in [3.8, 4) is 0 Å². The summed E-state index contributed by atoms with van der Waals surface area (Å²) >= 11 is 5.93. The lowest BCUT2D eigenvalue weighted by molar-refractivity contribution is -0.115. The maximum Gasteiger partial charge on any atom is 0.335 e. The van der Waals surface area contributed by atoms with Crippen molar-refractivity contribution in [1.29, 1.82) is 0 Å². The molecule has 0 radical (unpaired) electrons. The highest BCUT2D eigenvalue weighted by atomic mass is 35.5. The van der Waals surface area contributed by atoms with Gasteiger partial charge in [-0.15, -0.1) is 0 Å². The fraction of sp³-hybridized carbons (Fsp3) is 0.429. The fourth-order valence-corrected chi connectivity index (χ4v) is 1.89. The fourth-order valence-electron chi connectivity index (χ4n) is 1.72. The third-order valence-electron chi connectivity index (χ3n) is 2.72. The quantitative estimate of drug-likeness (QED) is 0.681. The van der Waals surface area contributed by atoms with Crippen LogP contribution in [0.3, 0.4) is 0 Å². The van der Waals surface area contributed by atoms with E-state index in [9.17, 15) is 9.59 Å². The summed E-state index contributed by atoms with van der Waals surface area (Å²) in [6.45, 7) is 3.37. The number of anilines is 1. The van der Waals surface area contributed by atoms with Crippen LogP contribution in [0.1, 0.15) is 17.3 Å². The molecule has 0 fully saturated rings. The van der Waals surface area contributed by atoms with Gasteiger partial charge < -0.3 is 20.5 Å². The minimum absolute atomic E-state index is 0.0661. The summed E-state index contributed by atoms with van der Waals surface area (Å²) in [7, 11) is 1.63. The van der Waals surface area contributed by atoms with Crippen LogP contribution in [0, 0.1) is 5.92 Å². The summed E-state index contributed by atoms with van der Waals surface area (Å²) in [5.41, 5.74) is 0.352. The average molecular weight is 315 g/mol. The van der Waals surface area contributed by atoms with Crippen LogP contribution in [0.2, 0.25) is 5.02 Å². The number of benzene rings is 1. The molecule has 0 bridgehead atoms. The van der Waals surface area contributed by atoms with Gasteiger partial charge in [-0.1, -0.05) is 18.5 Å². The lowest BCUT2D eigenvalue weighted by atomic mass is 10.2. The van der Waals surface area contributed by atoms with E-state index in [1.807, 2.05) is 6.92 Å². The van der Waals surface area contributed by atoms with Crippen LogP contribution in [-0.2, 0) is 9.53 Å². The molecule has 0 aromatic heterocycles. The summed E-state index contributed by atoms with van der Waals surface area (Å²) < 4.78 is 4.99. The molecule has 1 atom stereocenters. The summed E-state index contributed by atoms with van der Waals surface area (Å²) in [6, 6.07) is 4.15. The van der Waals surface area contributed by atoms with Gasteiger partial charge in [0, 0.05) is 20.3 Å². The van der Waals surface area contributed by atoms with Crippen molar-refractivity contribution in [2.24, 2.45) is 5.92 Å². The van der Waals surface area contributed by atoms with Gasteiger partial charge in [0.1, 0.15) is 0 Å². The second kappa shape index (κ2) is 8.61. The Balaban J connectivity index is 2.51. The minimum Gasteiger partial charge on any atom is -0.478 e. The number of hydrogen-bond acceptors (Lipinski definition) is 4. The molecule has 1 aromatic rings. The van der Waals surface area contributed by atoms with Crippen LogP contribution in [0.4, 0.5) is 5.69 Å². The monoisotopic (exact) mass is 314 g/mol. The van der Waals surface area contributed by atoms with Crippen molar-refractivity contribution in [2.75, 3.05) is 32.1 Å². The molecule has 0 aliphatic heterocycles. The molecule has 1 unspecified atom stereocenters. The van der Waals surface area contributed by atoms with E-state index in [-0.39, 0.29) is 23.7 Å². The number of carboxylic acids is 1. The van der Waals surface area contributed by atoms with Crippen molar-refractivity contribution in [3.05, 3.63) is 28.8 Å². The molecule has 7 heteroatoms. The molecule has 0 saturated heterocycles. The zero-order valence-corrected chi connectivity index (χ0v) is 12.7. The normalized spacial score (nSPS) is 12.0. The molecule has 0 aliphatic rings. The lowest BCUT2D eigenvalue weighted by Crippen LogP contribution is -2.32. The number of methoxy groups -OCH3 is 1. The Hall–Kier alpha value is -1.63. The molecule has 116 valence electrons. The van der Waals surface area contributed by atoms with Crippen molar-refractivity contribution in [1.82, 2.24) is 5.32 Å². The van der Waals surface area contributed by atoms with Crippen molar-refractivity contribution >= 4 is 29.2 Å². The van der Waals surface area contributed by atoms with E-state index in [4.69, 9.17) is 21.4 Å². The second-order valence-electron chi connectivity index (χ2n) is 4.74. The largest absolute Gasteiger partial charge is 0.478 e. The van der Waals surface area contributed by atoms with Gasteiger partial charge in [-0.05, 0) is 24.1 Å². The first-order valence-electron chi connectivity index (χ1n) is 6.46. The standard InChI is InChI=1S/C14H19ClN2O4/c1-9(8-21-2)6-16-7-13(18)17-12-5-10(14(19)20)3-4-11(12)15/h3-5,9,16H,6-8H2,1-2H3,(H,17,18)(H,19,20). The summed E-state index contributed by atoms with van der Waals surface area (Å²) in [5.74, 6) is -1.07. The molecular formula is C14H19ClN2O4. The number of halogens is 1. The van der Waals surface area contributed by atoms with Gasteiger partial charge in [-0.25, -0.2) is 4.79 Å². The molecule has 1 aromatic carbocycles. The summed E-state index contributed by atoms with van der Waals surface area (Å²) in [6.07, 6.45) is 0. The van der Waals surface area contributed by atoms with Crippen LogP contribution >= 0.6 is 11.6 Å². The Kier molecular flexibility index (Phi) is 7.14. The van der Waals surface area contributed by atoms with Crippen LogP contribution in [0.25, 0.3) is 0 Å². The van der Waals surface area contributed by atoms with E-state index in [1.165, 1.54) is 18.2 Å².